The number of nitrogens with two attached hydrogens (primary N) is 1. The molecule has 102 valence electrons. The van der Waals surface area contributed by atoms with Crippen molar-refractivity contribution >= 4 is 15.9 Å². The lowest BCUT2D eigenvalue weighted by Crippen LogP contribution is -2.24. The summed E-state index contributed by atoms with van der Waals surface area (Å²) in [5, 5.41) is 9.27. The summed E-state index contributed by atoms with van der Waals surface area (Å²) in [6.07, 6.45) is -0.635. The first-order chi connectivity index (χ1) is 8.62. The van der Waals surface area contributed by atoms with Gasteiger partial charge in [0.05, 0.1) is 33.5 Å². The highest BCUT2D eigenvalue weighted by atomic mass is 79.9. The van der Waals surface area contributed by atoms with Crippen molar-refractivity contribution in [2.45, 2.75) is 12.7 Å². The summed E-state index contributed by atoms with van der Waals surface area (Å²) in [7, 11) is 3.17. The fourth-order valence-electron chi connectivity index (χ4n) is 1.39. The first-order valence-corrected chi connectivity index (χ1v) is 6.28. The second kappa shape index (κ2) is 7.58. The summed E-state index contributed by atoms with van der Waals surface area (Å²) in [6, 6.07) is 3.70. The van der Waals surface area contributed by atoms with Crippen molar-refractivity contribution in [2.24, 2.45) is 5.73 Å². The highest BCUT2D eigenvalue weighted by Crippen LogP contribution is 2.35. The molecule has 0 saturated heterocycles. The maximum Gasteiger partial charge on any atom is 0.137 e. The van der Waals surface area contributed by atoms with Gasteiger partial charge < -0.3 is 25.1 Å². The standard InChI is InChI=1S/C12H18BrNO4/c1-16-10-3-8(4-11(17-2)12(10)13)6-18-7-9(15)5-14/h3-4,9,15H,5-7,14H2,1-2H3. The van der Waals surface area contributed by atoms with Crippen LogP contribution in [0.25, 0.3) is 0 Å². The summed E-state index contributed by atoms with van der Waals surface area (Å²) < 4.78 is 16.6. The Balaban J connectivity index is 2.71. The Bertz CT molecular complexity index is 361. The zero-order valence-corrected chi connectivity index (χ0v) is 12.1. The third-order valence-electron chi connectivity index (χ3n) is 2.36. The third kappa shape index (κ3) is 4.13. The summed E-state index contributed by atoms with van der Waals surface area (Å²) in [5.74, 6) is 1.35. The van der Waals surface area contributed by atoms with Crippen molar-refractivity contribution in [1.29, 1.82) is 0 Å². The van der Waals surface area contributed by atoms with E-state index in [2.05, 4.69) is 15.9 Å². The number of halogens is 1. The quantitative estimate of drug-likeness (QED) is 0.792. The molecule has 0 radical (unpaired) electrons. The van der Waals surface area contributed by atoms with E-state index in [-0.39, 0.29) is 13.2 Å². The molecule has 0 aliphatic carbocycles. The van der Waals surface area contributed by atoms with E-state index in [1.807, 2.05) is 12.1 Å². The van der Waals surface area contributed by atoms with E-state index >= 15 is 0 Å². The molecule has 0 saturated carbocycles. The van der Waals surface area contributed by atoms with Crippen LogP contribution in [0.15, 0.2) is 16.6 Å². The molecule has 18 heavy (non-hydrogen) atoms. The van der Waals surface area contributed by atoms with Gasteiger partial charge in [0.2, 0.25) is 0 Å². The van der Waals surface area contributed by atoms with E-state index < -0.39 is 6.10 Å². The fourth-order valence-corrected chi connectivity index (χ4v) is 1.94. The minimum Gasteiger partial charge on any atom is -0.495 e. The predicted molar refractivity (Wildman–Crippen MR) is 72.0 cm³/mol. The molecule has 0 spiro atoms. The van der Waals surface area contributed by atoms with Gasteiger partial charge in [0.1, 0.15) is 16.0 Å². The Morgan fingerprint density at radius 3 is 2.28 bits per heavy atom. The van der Waals surface area contributed by atoms with E-state index in [1.54, 1.807) is 14.2 Å². The Kier molecular flexibility index (Phi) is 6.42. The monoisotopic (exact) mass is 319 g/mol. The molecular formula is C12H18BrNO4. The van der Waals surface area contributed by atoms with E-state index in [1.165, 1.54) is 0 Å². The molecular weight excluding hydrogens is 302 g/mol. The Labute approximate surface area is 115 Å². The maximum atomic E-state index is 9.27. The number of methoxy groups -OCH3 is 2. The van der Waals surface area contributed by atoms with E-state index in [9.17, 15) is 5.11 Å². The van der Waals surface area contributed by atoms with Crippen LogP contribution in [-0.2, 0) is 11.3 Å². The molecule has 0 fully saturated rings. The largest absolute Gasteiger partial charge is 0.495 e. The predicted octanol–water partition coefficient (Wildman–Crippen LogP) is 1.30. The highest BCUT2D eigenvalue weighted by Gasteiger charge is 2.10. The van der Waals surface area contributed by atoms with Gasteiger partial charge in [-0.2, -0.15) is 0 Å². The summed E-state index contributed by atoms with van der Waals surface area (Å²) in [6.45, 7) is 0.751. The van der Waals surface area contributed by atoms with Crippen molar-refractivity contribution in [2.75, 3.05) is 27.4 Å². The van der Waals surface area contributed by atoms with Gasteiger partial charge in [-0.15, -0.1) is 0 Å². The van der Waals surface area contributed by atoms with Crippen LogP contribution in [-0.4, -0.2) is 38.6 Å². The van der Waals surface area contributed by atoms with Crippen molar-refractivity contribution in [3.8, 4) is 11.5 Å². The van der Waals surface area contributed by atoms with Gasteiger partial charge in [0.15, 0.2) is 0 Å². The van der Waals surface area contributed by atoms with Gasteiger partial charge in [-0.25, -0.2) is 0 Å². The summed E-state index contributed by atoms with van der Waals surface area (Å²) in [5.41, 5.74) is 6.19. The zero-order chi connectivity index (χ0) is 13.5. The number of hydrogen-bond acceptors (Lipinski definition) is 5. The number of rotatable bonds is 7. The molecule has 1 atom stereocenters. The molecule has 1 aromatic rings. The van der Waals surface area contributed by atoms with Crippen LogP contribution in [0.2, 0.25) is 0 Å². The number of aliphatic hydroxyl groups is 1. The number of ether oxygens (including phenoxy) is 3. The molecule has 0 aliphatic heterocycles. The molecule has 3 N–H and O–H groups in total. The van der Waals surface area contributed by atoms with Crippen LogP contribution in [0.4, 0.5) is 0 Å². The molecule has 5 nitrogen and oxygen atoms in total. The van der Waals surface area contributed by atoms with Gasteiger partial charge in [0.25, 0.3) is 0 Å². The molecule has 6 heteroatoms. The van der Waals surface area contributed by atoms with Crippen LogP contribution < -0.4 is 15.2 Å². The second-order valence-corrected chi connectivity index (χ2v) is 4.51. The van der Waals surface area contributed by atoms with E-state index in [0.29, 0.717) is 18.1 Å². The molecule has 0 bridgehead atoms. The Morgan fingerprint density at radius 1 is 1.28 bits per heavy atom. The smallest absolute Gasteiger partial charge is 0.137 e. The zero-order valence-electron chi connectivity index (χ0n) is 10.5. The molecule has 0 amide bonds. The second-order valence-electron chi connectivity index (χ2n) is 3.72. The minimum atomic E-state index is -0.635. The lowest BCUT2D eigenvalue weighted by Gasteiger charge is -2.13. The molecule has 0 aromatic heterocycles. The SMILES string of the molecule is COc1cc(COCC(O)CN)cc(OC)c1Br. The first kappa shape index (κ1) is 15.2. The molecule has 0 heterocycles. The molecule has 1 aromatic carbocycles. The minimum absolute atomic E-state index is 0.187. The van der Waals surface area contributed by atoms with Crippen molar-refractivity contribution in [3.05, 3.63) is 22.2 Å². The molecule has 1 rings (SSSR count). The number of hydrogen-bond donors (Lipinski definition) is 2. The van der Waals surface area contributed by atoms with Crippen LogP contribution in [0.5, 0.6) is 11.5 Å². The average molecular weight is 320 g/mol. The van der Waals surface area contributed by atoms with Crippen molar-refractivity contribution < 1.29 is 19.3 Å². The first-order valence-electron chi connectivity index (χ1n) is 5.48. The van der Waals surface area contributed by atoms with Crippen molar-refractivity contribution in [1.82, 2.24) is 0 Å². The van der Waals surface area contributed by atoms with Crippen LogP contribution in [0.3, 0.4) is 0 Å². The lowest BCUT2D eigenvalue weighted by molar-refractivity contribution is 0.0328. The third-order valence-corrected chi connectivity index (χ3v) is 3.14. The summed E-state index contributed by atoms with van der Waals surface area (Å²) in [4.78, 5) is 0. The fraction of sp³-hybridized carbons (Fsp3) is 0.500. The lowest BCUT2D eigenvalue weighted by atomic mass is 10.2. The number of benzene rings is 1. The average Bonchev–Trinajstić information content (AvgIpc) is 2.39. The Morgan fingerprint density at radius 2 is 1.83 bits per heavy atom. The van der Waals surface area contributed by atoms with Crippen LogP contribution >= 0.6 is 15.9 Å². The van der Waals surface area contributed by atoms with E-state index in [4.69, 9.17) is 19.9 Å². The highest BCUT2D eigenvalue weighted by molar-refractivity contribution is 9.10. The van der Waals surface area contributed by atoms with Crippen LogP contribution in [0, 0.1) is 0 Å². The topological polar surface area (TPSA) is 73.9 Å². The van der Waals surface area contributed by atoms with E-state index in [0.717, 1.165) is 10.0 Å². The van der Waals surface area contributed by atoms with Gasteiger partial charge in [-0.05, 0) is 33.6 Å². The van der Waals surface area contributed by atoms with Gasteiger partial charge in [-0.3, -0.25) is 0 Å². The van der Waals surface area contributed by atoms with Gasteiger partial charge in [-0.1, -0.05) is 0 Å². The normalized spacial score (nSPS) is 12.3. The number of aliphatic hydroxyl groups excluding tert-OH is 1. The van der Waals surface area contributed by atoms with Gasteiger partial charge in [0, 0.05) is 6.54 Å². The maximum absolute atomic E-state index is 9.27. The summed E-state index contributed by atoms with van der Waals surface area (Å²) >= 11 is 3.39. The van der Waals surface area contributed by atoms with Crippen LogP contribution in [0.1, 0.15) is 5.56 Å². The molecule has 0 aliphatic rings. The van der Waals surface area contributed by atoms with Gasteiger partial charge >= 0.3 is 0 Å². The Hall–Kier alpha value is -0.820. The van der Waals surface area contributed by atoms with Crippen molar-refractivity contribution in [3.63, 3.8) is 0 Å². The molecule has 1 unspecified atom stereocenters.